The molecular weight excluding hydrogens is 164 g/mol. The molecular formula is C10H20N2O. The van der Waals surface area contributed by atoms with Gasteiger partial charge in [-0.3, -0.25) is 4.90 Å². The zero-order valence-electron chi connectivity index (χ0n) is 8.70. The van der Waals surface area contributed by atoms with E-state index < -0.39 is 0 Å². The van der Waals surface area contributed by atoms with Gasteiger partial charge < -0.3 is 9.64 Å². The number of nitrogens with zero attached hydrogens (tertiary/aromatic N) is 2. The van der Waals surface area contributed by atoms with E-state index in [0.717, 1.165) is 19.1 Å². The molecule has 0 radical (unpaired) electrons. The van der Waals surface area contributed by atoms with Crippen molar-refractivity contribution in [2.24, 2.45) is 5.92 Å². The average Bonchev–Trinajstić information content (AvgIpc) is 2.27. The van der Waals surface area contributed by atoms with Crippen LogP contribution in [0.15, 0.2) is 0 Å². The summed E-state index contributed by atoms with van der Waals surface area (Å²) in [6.45, 7) is 4.47. The zero-order valence-corrected chi connectivity index (χ0v) is 8.70. The molecule has 0 aromatic rings. The summed E-state index contributed by atoms with van der Waals surface area (Å²) in [5.41, 5.74) is 0. The number of ether oxygens (including phenoxy) is 1. The first-order valence-corrected chi connectivity index (χ1v) is 5.28. The van der Waals surface area contributed by atoms with Gasteiger partial charge in [0.25, 0.3) is 0 Å². The third-order valence-electron chi connectivity index (χ3n) is 3.23. The Kier molecular flexibility index (Phi) is 2.86. The third kappa shape index (κ3) is 2.03. The van der Waals surface area contributed by atoms with Crippen molar-refractivity contribution in [2.75, 3.05) is 40.3 Å². The minimum absolute atomic E-state index is 0.388. The Morgan fingerprint density at radius 2 is 2.08 bits per heavy atom. The molecule has 2 heterocycles. The fraction of sp³-hybridized carbons (Fsp3) is 1.00. The van der Waals surface area contributed by atoms with Crippen LogP contribution in [0.1, 0.15) is 12.8 Å². The van der Waals surface area contributed by atoms with Crippen molar-refractivity contribution in [3.8, 4) is 0 Å². The van der Waals surface area contributed by atoms with Crippen LogP contribution in [0.2, 0.25) is 0 Å². The molecule has 0 amide bonds. The maximum atomic E-state index is 5.82. The lowest BCUT2D eigenvalue weighted by Crippen LogP contribution is -2.43. The van der Waals surface area contributed by atoms with Gasteiger partial charge in [0, 0.05) is 32.2 Å². The molecule has 2 fully saturated rings. The van der Waals surface area contributed by atoms with Crippen molar-refractivity contribution >= 4 is 0 Å². The largest absolute Gasteiger partial charge is 0.363 e. The van der Waals surface area contributed by atoms with Gasteiger partial charge in [-0.05, 0) is 26.9 Å². The molecule has 2 rings (SSSR count). The van der Waals surface area contributed by atoms with Gasteiger partial charge in [0.05, 0.1) is 0 Å². The minimum atomic E-state index is 0.388. The lowest BCUT2D eigenvalue weighted by atomic mass is 9.98. The summed E-state index contributed by atoms with van der Waals surface area (Å²) in [7, 11) is 4.40. The Hall–Kier alpha value is -0.120. The molecule has 0 spiro atoms. The normalized spacial score (nSPS) is 38.3. The van der Waals surface area contributed by atoms with E-state index in [1.165, 1.54) is 25.9 Å². The predicted molar refractivity (Wildman–Crippen MR) is 52.6 cm³/mol. The molecule has 3 heteroatoms. The minimum Gasteiger partial charge on any atom is -0.363 e. The van der Waals surface area contributed by atoms with Crippen LogP contribution >= 0.6 is 0 Å². The van der Waals surface area contributed by atoms with E-state index in [0.29, 0.717) is 6.23 Å². The Bertz CT molecular complexity index is 174. The second kappa shape index (κ2) is 3.95. The summed E-state index contributed by atoms with van der Waals surface area (Å²) >= 11 is 0. The maximum Gasteiger partial charge on any atom is 0.114 e. The number of likely N-dealkylation sites (N-methyl/N-ethyl adjacent to an activating group) is 2. The second-order valence-electron chi connectivity index (χ2n) is 4.41. The molecule has 0 aliphatic carbocycles. The van der Waals surface area contributed by atoms with Crippen LogP contribution in [-0.4, -0.2) is 56.4 Å². The van der Waals surface area contributed by atoms with Crippen molar-refractivity contribution < 1.29 is 4.74 Å². The van der Waals surface area contributed by atoms with Crippen molar-refractivity contribution in [1.82, 2.24) is 9.80 Å². The summed E-state index contributed by atoms with van der Waals surface area (Å²) in [5, 5.41) is 0. The molecule has 2 aliphatic heterocycles. The third-order valence-corrected chi connectivity index (χ3v) is 3.23. The first-order valence-electron chi connectivity index (χ1n) is 5.28. The maximum absolute atomic E-state index is 5.82. The zero-order chi connectivity index (χ0) is 9.26. The number of fused-ring (bicyclic) bond motifs is 1. The van der Waals surface area contributed by atoms with E-state index in [1.54, 1.807) is 0 Å². The van der Waals surface area contributed by atoms with Gasteiger partial charge in [0.2, 0.25) is 0 Å². The molecule has 2 atom stereocenters. The Balaban J connectivity index is 2.04. The predicted octanol–water partition coefficient (Wildman–Crippen LogP) is 0.616. The van der Waals surface area contributed by atoms with Gasteiger partial charge in [-0.2, -0.15) is 0 Å². The summed E-state index contributed by atoms with van der Waals surface area (Å²) in [4.78, 5) is 4.79. The van der Waals surface area contributed by atoms with Crippen LogP contribution in [0.25, 0.3) is 0 Å². The van der Waals surface area contributed by atoms with Gasteiger partial charge in [0.15, 0.2) is 0 Å². The highest BCUT2D eigenvalue weighted by molar-refractivity contribution is 4.80. The van der Waals surface area contributed by atoms with E-state index in [2.05, 4.69) is 23.9 Å². The summed E-state index contributed by atoms with van der Waals surface area (Å²) < 4.78 is 5.82. The molecule has 76 valence electrons. The monoisotopic (exact) mass is 184 g/mol. The molecule has 0 aromatic heterocycles. The van der Waals surface area contributed by atoms with E-state index >= 15 is 0 Å². The lowest BCUT2D eigenvalue weighted by molar-refractivity contribution is -0.104. The fourth-order valence-electron chi connectivity index (χ4n) is 2.44. The van der Waals surface area contributed by atoms with Crippen molar-refractivity contribution in [3.63, 3.8) is 0 Å². The van der Waals surface area contributed by atoms with Gasteiger partial charge in [-0.15, -0.1) is 0 Å². The van der Waals surface area contributed by atoms with E-state index in [-0.39, 0.29) is 0 Å². The molecule has 0 aromatic carbocycles. The van der Waals surface area contributed by atoms with Crippen LogP contribution in [0.4, 0.5) is 0 Å². The molecule has 2 unspecified atom stereocenters. The van der Waals surface area contributed by atoms with Crippen LogP contribution in [0.5, 0.6) is 0 Å². The van der Waals surface area contributed by atoms with Crippen molar-refractivity contribution in [1.29, 1.82) is 0 Å². The fourth-order valence-corrected chi connectivity index (χ4v) is 2.44. The summed E-state index contributed by atoms with van der Waals surface area (Å²) in [6.07, 6.45) is 2.96. The topological polar surface area (TPSA) is 15.7 Å². The molecule has 2 saturated heterocycles. The van der Waals surface area contributed by atoms with Gasteiger partial charge in [0.1, 0.15) is 6.23 Å². The molecule has 0 saturated carbocycles. The lowest BCUT2D eigenvalue weighted by Gasteiger charge is -2.35. The Morgan fingerprint density at radius 1 is 1.23 bits per heavy atom. The van der Waals surface area contributed by atoms with Crippen LogP contribution < -0.4 is 0 Å². The molecule has 3 nitrogen and oxygen atoms in total. The van der Waals surface area contributed by atoms with Crippen LogP contribution in [-0.2, 0) is 4.74 Å². The second-order valence-corrected chi connectivity index (χ2v) is 4.41. The number of hydrogen-bond donors (Lipinski definition) is 0. The van der Waals surface area contributed by atoms with Crippen LogP contribution in [0.3, 0.4) is 0 Å². The molecule has 2 aliphatic rings. The first kappa shape index (κ1) is 9.44. The molecule has 0 N–H and O–H groups in total. The smallest absolute Gasteiger partial charge is 0.114 e. The Morgan fingerprint density at radius 3 is 2.92 bits per heavy atom. The molecule has 13 heavy (non-hydrogen) atoms. The van der Waals surface area contributed by atoms with Gasteiger partial charge in [-0.1, -0.05) is 0 Å². The SMILES string of the molecule is CN1CCN(C)C2OCCCC2C1. The quantitative estimate of drug-likeness (QED) is 0.549. The standard InChI is InChI=1S/C10H20N2O/c1-11-5-6-12(2)10-9(8-11)4-3-7-13-10/h9-10H,3-8H2,1-2H3. The molecule has 0 bridgehead atoms. The highest BCUT2D eigenvalue weighted by atomic mass is 16.5. The van der Waals surface area contributed by atoms with E-state index in [9.17, 15) is 0 Å². The summed E-state index contributed by atoms with van der Waals surface area (Å²) in [6, 6.07) is 0. The van der Waals surface area contributed by atoms with E-state index in [4.69, 9.17) is 4.74 Å². The van der Waals surface area contributed by atoms with Crippen LogP contribution in [0, 0.1) is 5.92 Å². The Labute approximate surface area is 80.6 Å². The van der Waals surface area contributed by atoms with Gasteiger partial charge >= 0.3 is 0 Å². The highest BCUT2D eigenvalue weighted by Crippen LogP contribution is 2.25. The number of rotatable bonds is 0. The number of hydrogen-bond acceptors (Lipinski definition) is 3. The van der Waals surface area contributed by atoms with Crippen molar-refractivity contribution in [2.45, 2.75) is 19.1 Å². The van der Waals surface area contributed by atoms with Crippen molar-refractivity contribution in [3.05, 3.63) is 0 Å². The van der Waals surface area contributed by atoms with E-state index in [1.807, 2.05) is 0 Å². The summed E-state index contributed by atoms with van der Waals surface area (Å²) in [5.74, 6) is 0.728. The first-order chi connectivity index (χ1) is 6.27. The average molecular weight is 184 g/mol. The van der Waals surface area contributed by atoms with Gasteiger partial charge in [-0.25, -0.2) is 0 Å². The highest BCUT2D eigenvalue weighted by Gasteiger charge is 2.32.